The van der Waals surface area contributed by atoms with Gasteiger partial charge in [0, 0.05) is 55.8 Å². The summed E-state index contributed by atoms with van der Waals surface area (Å²) in [7, 11) is 1.60. The van der Waals surface area contributed by atoms with Crippen LogP contribution in [0.25, 0.3) is 0 Å². The number of aryl methyl sites for hydroxylation is 1. The lowest BCUT2D eigenvalue weighted by Gasteiger charge is -2.35. The number of amides is 2. The number of nitrogens with zero attached hydrogens (tertiary/aromatic N) is 4. The molecular weight excluding hydrogens is 809 g/mol. The van der Waals surface area contributed by atoms with E-state index in [4.69, 9.17) is 10.5 Å². The van der Waals surface area contributed by atoms with Crippen LogP contribution >= 0.6 is 0 Å². The fourth-order valence-electron chi connectivity index (χ4n) is 8.11. The molecule has 0 unspecified atom stereocenters. The highest BCUT2D eigenvalue weighted by molar-refractivity contribution is 5.95. The van der Waals surface area contributed by atoms with Crippen molar-refractivity contribution in [1.82, 2.24) is 19.8 Å². The minimum Gasteiger partial charge on any atom is -0.496 e. The van der Waals surface area contributed by atoms with Crippen molar-refractivity contribution in [3.63, 3.8) is 0 Å². The number of hydrogen-bond donors (Lipinski definition) is 3. The molecule has 10 heteroatoms. The Morgan fingerprint density at radius 1 is 0.738 bits per heavy atom. The summed E-state index contributed by atoms with van der Waals surface area (Å²) in [6, 6.07) is 5.37. The Morgan fingerprint density at radius 2 is 1.25 bits per heavy atom. The Morgan fingerprint density at radius 3 is 1.75 bits per heavy atom. The number of ether oxygens (including phenoxy) is 1. The number of aromatic nitrogens is 2. The van der Waals surface area contributed by atoms with Crippen molar-refractivity contribution in [2.45, 2.75) is 165 Å². The summed E-state index contributed by atoms with van der Waals surface area (Å²) in [5, 5.41) is 13.3. The number of carbonyl (C=O) groups is 2. The van der Waals surface area contributed by atoms with Gasteiger partial charge >= 0.3 is 0 Å². The molecule has 10 nitrogen and oxygen atoms in total. The highest BCUT2D eigenvalue weighted by atomic mass is 16.5. The second kappa shape index (κ2) is 29.5. The van der Waals surface area contributed by atoms with Crippen LogP contribution < -0.4 is 15.8 Å². The largest absolute Gasteiger partial charge is 0.496 e. The van der Waals surface area contributed by atoms with Gasteiger partial charge in [-0.3, -0.25) is 9.59 Å². The van der Waals surface area contributed by atoms with Crippen LogP contribution in [0.2, 0.25) is 0 Å². The van der Waals surface area contributed by atoms with Gasteiger partial charge < -0.3 is 30.7 Å². The van der Waals surface area contributed by atoms with Crippen molar-refractivity contribution in [1.29, 1.82) is 0 Å². The highest BCUT2D eigenvalue weighted by Crippen LogP contribution is 2.29. The minimum atomic E-state index is -0.157. The van der Waals surface area contributed by atoms with Crippen LogP contribution in [0, 0.1) is 6.92 Å². The first-order chi connectivity index (χ1) is 31.1. The maximum atomic E-state index is 13.6. The van der Waals surface area contributed by atoms with Gasteiger partial charge in [0.1, 0.15) is 11.6 Å². The molecule has 0 radical (unpaired) electrons. The Labute approximate surface area is 393 Å². The van der Waals surface area contributed by atoms with Crippen LogP contribution in [-0.2, 0) is 11.2 Å². The standard InChI is InChI=1S/C55H84N6O4/c1-11-18-49(39-62)58-53-50(46(9)57-55(56)59-53)37-47-30-31-48(38-51(47)65-10)54(64)61-35-33-60(34-36-61)52(63)32-29-45(8)28-17-27-44(7)26-16-24-42(5)21-13-12-20-41(4)23-15-25-43(6)22-14-19-40(2)3/h19-21,25-26,28,30-31,38,49,62H,11-18,22-24,27,29,32-37,39H2,1-10H3,(H3,56,57,58,59)/b41-20?,42-21?,43-25+,44-26?,45-28?/t49-/m0/s1. The van der Waals surface area contributed by atoms with E-state index in [1.165, 1.54) is 33.4 Å². The Hall–Kier alpha value is -4.96. The number of piperazine rings is 1. The van der Waals surface area contributed by atoms with Crippen molar-refractivity contribution in [2.24, 2.45) is 0 Å². The molecule has 1 aliphatic heterocycles. The molecular formula is C55H84N6O4. The number of anilines is 2. The zero-order chi connectivity index (χ0) is 47.7. The predicted molar refractivity (Wildman–Crippen MR) is 272 cm³/mol. The summed E-state index contributed by atoms with van der Waals surface area (Å²) in [6.07, 6.45) is 28.6. The molecule has 1 atom stereocenters. The van der Waals surface area contributed by atoms with Crippen LogP contribution in [0.3, 0.4) is 0 Å². The van der Waals surface area contributed by atoms with Gasteiger partial charge in [-0.2, -0.15) is 4.98 Å². The topological polar surface area (TPSA) is 134 Å². The molecule has 2 amide bonds. The number of nitrogen functional groups attached to an aromatic ring is 1. The third kappa shape index (κ3) is 20.4. The first kappa shape index (κ1) is 54.4. The van der Waals surface area contributed by atoms with Gasteiger partial charge in [-0.15, -0.1) is 0 Å². The fraction of sp³-hybridized carbons (Fsp3) is 0.564. The second-order valence-corrected chi connectivity index (χ2v) is 18.4. The first-order valence-electron chi connectivity index (χ1n) is 24.3. The molecule has 0 spiro atoms. The number of hydrogen-bond acceptors (Lipinski definition) is 8. The Balaban J connectivity index is 1.38. The van der Waals surface area contributed by atoms with Gasteiger partial charge in [-0.05, 0) is 150 Å². The van der Waals surface area contributed by atoms with Crippen LogP contribution in [0.1, 0.15) is 172 Å². The molecule has 4 N–H and O–H groups in total. The molecule has 1 aromatic heterocycles. The average Bonchev–Trinajstić information content (AvgIpc) is 3.27. The number of aliphatic hydroxyl groups excluding tert-OH is 1. The highest BCUT2D eigenvalue weighted by Gasteiger charge is 2.26. The molecule has 65 heavy (non-hydrogen) atoms. The van der Waals surface area contributed by atoms with E-state index in [-0.39, 0.29) is 30.4 Å². The van der Waals surface area contributed by atoms with Gasteiger partial charge in [0.25, 0.3) is 5.91 Å². The number of methoxy groups -OCH3 is 1. The summed E-state index contributed by atoms with van der Waals surface area (Å²) >= 11 is 0. The lowest BCUT2D eigenvalue weighted by Crippen LogP contribution is -2.50. The summed E-state index contributed by atoms with van der Waals surface area (Å²) in [5.74, 6) is 1.40. The lowest BCUT2D eigenvalue weighted by molar-refractivity contribution is -0.132. The number of rotatable bonds is 27. The van der Waals surface area contributed by atoms with E-state index in [0.717, 1.165) is 100 Å². The molecule has 2 aromatic rings. The summed E-state index contributed by atoms with van der Waals surface area (Å²) in [5.41, 5.74) is 17.5. The van der Waals surface area contributed by atoms with Gasteiger partial charge in [-0.25, -0.2) is 4.98 Å². The zero-order valence-corrected chi connectivity index (χ0v) is 42.0. The molecule has 1 fully saturated rings. The average molecular weight is 893 g/mol. The summed E-state index contributed by atoms with van der Waals surface area (Å²) in [6.45, 7) is 21.4. The van der Waals surface area contributed by atoms with E-state index < -0.39 is 0 Å². The number of carbonyl (C=O) groups excluding carboxylic acids is 2. The fourth-order valence-corrected chi connectivity index (χ4v) is 8.11. The van der Waals surface area contributed by atoms with Crippen molar-refractivity contribution in [3.8, 4) is 5.75 Å². The Bertz CT molecular complexity index is 2010. The molecule has 3 rings (SSSR count). The van der Waals surface area contributed by atoms with E-state index in [1.807, 2.05) is 28.9 Å². The van der Waals surface area contributed by atoms with Gasteiger partial charge in [0.15, 0.2) is 0 Å². The van der Waals surface area contributed by atoms with E-state index >= 15 is 0 Å². The van der Waals surface area contributed by atoms with E-state index in [9.17, 15) is 14.7 Å². The van der Waals surface area contributed by atoms with Crippen molar-refractivity contribution < 1.29 is 19.4 Å². The smallest absolute Gasteiger partial charge is 0.254 e. The lowest BCUT2D eigenvalue weighted by atomic mass is 10.0. The number of aliphatic hydroxyl groups is 1. The van der Waals surface area contributed by atoms with Gasteiger partial charge in [0.2, 0.25) is 11.9 Å². The SMILES string of the molecule is CCC[C@@H](CO)Nc1nc(N)nc(C)c1Cc1ccc(C(=O)N2CCN(C(=O)CCC(C)=CCCC(C)=CCCC(C)=CCCC=C(C)CC/C=C(\C)CCC=C(C)C)CC2)cc1OC. The number of nitrogens with one attached hydrogen (secondary N) is 1. The van der Waals surface area contributed by atoms with Gasteiger partial charge in [0.05, 0.1) is 19.8 Å². The van der Waals surface area contributed by atoms with Gasteiger partial charge in [-0.1, -0.05) is 89.3 Å². The number of unbranched alkanes of at least 4 members (excludes halogenated alkanes) is 1. The van der Waals surface area contributed by atoms with Crippen LogP contribution in [0.5, 0.6) is 5.75 Å². The van der Waals surface area contributed by atoms with Crippen molar-refractivity contribution >= 4 is 23.6 Å². The summed E-state index contributed by atoms with van der Waals surface area (Å²) < 4.78 is 5.77. The van der Waals surface area contributed by atoms with E-state index in [1.54, 1.807) is 13.2 Å². The monoisotopic (exact) mass is 893 g/mol. The minimum absolute atomic E-state index is 0.0247. The maximum Gasteiger partial charge on any atom is 0.254 e. The van der Waals surface area contributed by atoms with Crippen molar-refractivity contribution in [3.05, 3.63) is 110 Å². The molecule has 0 bridgehead atoms. The predicted octanol–water partition coefficient (Wildman–Crippen LogP) is 12.2. The number of benzene rings is 1. The molecule has 0 saturated carbocycles. The maximum absolute atomic E-state index is 13.6. The molecule has 2 heterocycles. The zero-order valence-electron chi connectivity index (χ0n) is 42.0. The van der Waals surface area contributed by atoms with E-state index in [0.29, 0.717) is 56.2 Å². The van der Waals surface area contributed by atoms with Crippen LogP contribution in [-0.4, -0.2) is 82.6 Å². The number of allylic oxidation sites excluding steroid dienone is 12. The molecule has 1 aromatic carbocycles. The quantitative estimate of drug-likeness (QED) is 0.0596. The normalized spacial score (nSPS) is 14.7. The van der Waals surface area contributed by atoms with Crippen LogP contribution in [0.15, 0.2) is 88.1 Å². The molecule has 1 aliphatic rings. The molecule has 1 saturated heterocycles. The second-order valence-electron chi connectivity index (χ2n) is 18.4. The summed E-state index contributed by atoms with van der Waals surface area (Å²) in [4.78, 5) is 39.4. The van der Waals surface area contributed by atoms with Crippen molar-refractivity contribution in [2.75, 3.05) is 50.9 Å². The first-order valence-corrected chi connectivity index (χ1v) is 24.3. The van der Waals surface area contributed by atoms with Crippen LogP contribution in [0.4, 0.5) is 11.8 Å². The molecule has 0 aliphatic carbocycles. The third-order valence-electron chi connectivity index (χ3n) is 12.3. The Kier molecular flexibility index (Phi) is 24.7. The third-order valence-corrected chi connectivity index (χ3v) is 12.3. The van der Waals surface area contributed by atoms with E-state index in [2.05, 4.69) is 107 Å². The molecule has 358 valence electrons. The number of nitrogens with two attached hydrogens (primary N) is 1.